The van der Waals surface area contributed by atoms with Crippen LogP contribution in [-0.4, -0.2) is 58.7 Å². The van der Waals surface area contributed by atoms with Crippen LogP contribution in [0.2, 0.25) is 0 Å². The fourth-order valence-electron chi connectivity index (χ4n) is 3.79. The summed E-state index contributed by atoms with van der Waals surface area (Å²) >= 11 is 0. The van der Waals surface area contributed by atoms with Gasteiger partial charge in [-0.25, -0.2) is 9.97 Å². The molecule has 2 aliphatic heterocycles. The number of rotatable bonds is 4. The molecule has 0 bridgehead atoms. The van der Waals surface area contributed by atoms with E-state index in [9.17, 15) is 18.3 Å². The Morgan fingerprint density at radius 1 is 1.30 bits per heavy atom. The van der Waals surface area contributed by atoms with E-state index in [0.717, 1.165) is 19.4 Å². The van der Waals surface area contributed by atoms with Crippen molar-refractivity contribution < 1.29 is 23.0 Å². The first kappa shape index (κ1) is 20.1. The summed E-state index contributed by atoms with van der Waals surface area (Å²) in [5, 5.41) is 13.2. The molecule has 3 rings (SSSR count). The Labute approximate surface area is 157 Å². The molecule has 0 radical (unpaired) electrons. The van der Waals surface area contributed by atoms with Gasteiger partial charge in [-0.3, -0.25) is 0 Å². The molecule has 0 amide bonds. The van der Waals surface area contributed by atoms with Gasteiger partial charge in [-0.1, -0.05) is 13.8 Å². The van der Waals surface area contributed by atoms with Crippen LogP contribution in [0, 0.1) is 5.92 Å². The Hall–Kier alpha value is -1.61. The quantitative estimate of drug-likeness (QED) is 0.826. The van der Waals surface area contributed by atoms with Crippen molar-refractivity contribution in [1.82, 2.24) is 9.97 Å². The van der Waals surface area contributed by atoms with Gasteiger partial charge in [0.15, 0.2) is 5.60 Å². The van der Waals surface area contributed by atoms with Crippen molar-refractivity contribution in [3.05, 3.63) is 12.4 Å². The number of halogens is 3. The predicted molar refractivity (Wildman–Crippen MR) is 95.7 cm³/mol. The van der Waals surface area contributed by atoms with Gasteiger partial charge in [0.25, 0.3) is 0 Å². The Bertz CT molecular complexity index is 633. The molecule has 0 aliphatic carbocycles. The van der Waals surface area contributed by atoms with Crippen LogP contribution >= 0.6 is 0 Å². The van der Waals surface area contributed by atoms with Gasteiger partial charge in [0.2, 0.25) is 0 Å². The molecule has 152 valence electrons. The molecule has 2 saturated heterocycles. The van der Waals surface area contributed by atoms with Crippen molar-refractivity contribution in [2.75, 3.05) is 29.9 Å². The molecule has 2 N–H and O–H groups in total. The van der Waals surface area contributed by atoms with Crippen molar-refractivity contribution >= 4 is 11.6 Å². The van der Waals surface area contributed by atoms with Crippen LogP contribution in [0.5, 0.6) is 0 Å². The average Bonchev–Trinajstić information content (AvgIpc) is 2.62. The molecule has 0 saturated carbocycles. The van der Waals surface area contributed by atoms with Gasteiger partial charge in [-0.15, -0.1) is 0 Å². The Morgan fingerprint density at radius 3 is 2.63 bits per heavy atom. The molecule has 2 aliphatic rings. The zero-order chi connectivity index (χ0) is 19.7. The molecule has 0 spiro atoms. The monoisotopic (exact) mass is 388 g/mol. The number of alkyl halides is 3. The van der Waals surface area contributed by atoms with E-state index in [1.807, 2.05) is 0 Å². The van der Waals surface area contributed by atoms with Gasteiger partial charge in [-0.2, -0.15) is 13.2 Å². The van der Waals surface area contributed by atoms with E-state index in [1.54, 1.807) is 11.0 Å². The van der Waals surface area contributed by atoms with Gasteiger partial charge in [0.05, 0.1) is 12.1 Å². The number of nitrogens with zero attached hydrogens (tertiary/aromatic N) is 3. The third-order valence-electron chi connectivity index (χ3n) is 5.45. The third kappa shape index (κ3) is 4.45. The van der Waals surface area contributed by atoms with Crippen LogP contribution in [0.15, 0.2) is 12.4 Å². The second-order valence-corrected chi connectivity index (χ2v) is 7.75. The topological polar surface area (TPSA) is 70.5 Å². The fourth-order valence-corrected chi connectivity index (χ4v) is 3.79. The van der Waals surface area contributed by atoms with Crippen LogP contribution in [0.4, 0.5) is 24.8 Å². The SMILES string of the molecule is CC(C)[C@@H]1OCCC[C@H]1Nc1cc(N2CCC(O)(C(F)(F)F)CC2)ncn1. The van der Waals surface area contributed by atoms with E-state index >= 15 is 0 Å². The molecule has 0 unspecified atom stereocenters. The summed E-state index contributed by atoms with van der Waals surface area (Å²) in [6.07, 6.45) is -1.88. The summed E-state index contributed by atoms with van der Waals surface area (Å²) < 4.78 is 44.8. The number of aliphatic hydroxyl groups is 1. The van der Waals surface area contributed by atoms with Crippen molar-refractivity contribution in [2.45, 2.75) is 63.5 Å². The number of hydrogen-bond acceptors (Lipinski definition) is 6. The van der Waals surface area contributed by atoms with E-state index in [2.05, 4.69) is 29.1 Å². The van der Waals surface area contributed by atoms with E-state index in [0.29, 0.717) is 17.6 Å². The van der Waals surface area contributed by atoms with E-state index in [4.69, 9.17) is 4.74 Å². The predicted octanol–water partition coefficient (Wildman–Crippen LogP) is 2.99. The second kappa shape index (κ2) is 7.79. The van der Waals surface area contributed by atoms with Crippen LogP contribution in [0.3, 0.4) is 0 Å². The van der Waals surface area contributed by atoms with Crippen molar-refractivity contribution in [3.8, 4) is 0 Å². The number of hydrogen-bond donors (Lipinski definition) is 2. The highest BCUT2D eigenvalue weighted by molar-refractivity contribution is 5.49. The van der Waals surface area contributed by atoms with Gasteiger partial charge < -0.3 is 20.1 Å². The Kier molecular flexibility index (Phi) is 5.81. The maximum Gasteiger partial charge on any atom is 0.417 e. The molecule has 27 heavy (non-hydrogen) atoms. The standard InChI is InChI=1S/C18H27F3N4O2/c1-12(2)16-13(4-3-9-27-16)24-14-10-15(23-11-22-14)25-7-5-17(26,6-8-25)18(19,20)21/h10-13,16,26H,3-9H2,1-2H3,(H,22,23,24)/t13-,16+/m1/s1. The lowest BCUT2D eigenvalue weighted by molar-refractivity contribution is -0.266. The summed E-state index contributed by atoms with van der Waals surface area (Å²) in [6, 6.07) is 1.89. The molecule has 1 aromatic heterocycles. The Morgan fingerprint density at radius 2 is 2.00 bits per heavy atom. The molecule has 9 heteroatoms. The third-order valence-corrected chi connectivity index (χ3v) is 5.45. The molecule has 6 nitrogen and oxygen atoms in total. The van der Waals surface area contributed by atoms with Gasteiger partial charge in [0, 0.05) is 38.6 Å². The lowest BCUT2D eigenvalue weighted by atomic mass is 9.91. The number of piperidine rings is 1. The van der Waals surface area contributed by atoms with E-state index < -0.39 is 11.8 Å². The average molecular weight is 388 g/mol. The summed E-state index contributed by atoms with van der Waals surface area (Å²) in [5.74, 6) is 1.57. The number of anilines is 2. The van der Waals surface area contributed by atoms with Crippen molar-refractivity contribution in [1.29, 1.82) is 0 Å². The highest BCUT2D eigenvalue weighted by atomic mass is 19.4. The largest absolute Gasteiger partial charge is 0.417 e. The van der Waals surface area contributed by atoms with Crippen LogP contribution < -0.4 is 10.2 Å². The summed E-state index contributed by atoms with van der Waals surface area (Å²) in [6.45, 7) is 5.17. The lowest BCUT2D eigenvalue weighted by Gasteiger charge is -2.39. The van der Waals surface area contributed by atoms with Gasteiger partial charge in [-0.05, 0) is 18.8 Å². The van der Waals surface area contributed by atoms with Crippen molar-refractivity contribution in [3.63, 3.8) is 0 Å². The number of ether oxygens (including phenoxy) is 1. The highest BCUT2D eigenvalue weighted by Crippen LogP contribution is 2.39. The number of aromatic nitrogens is 2. The van der Waals surface area contributed by atoms with Crippen LogP contribution in [0.1, 0.15) is 39.5 Å². The smallest absolute Gasteiger partial charge is 0.380 e. The molecular formula is C18H27F3N4O2. The summed E-state index contributed by atoms with van der Waals surface area (Å²) in [4.78, 5) is 10.2. The van der Waals surface area contributed by atoms with Crippen LogP contribution in [-0.2, 0) is 4.74 Å². The van der Waals surface area contributed by atoms with Gasteiger partial charge in [0.1, 0.15) is 18.0 Å². The number of nitrogens with one attached hydrogen (secondary N) is 1. The normalized spacial score (nSPS) is 26.3. The molecule has 2 atom stereocenters. The molecule has 3 heterocycles. The molecule has 0 aromatic carbocycles. The summed E-state index contributed by atoms with van der Waals surface area (Å²) in [5.41, 5.74) is -2.61. The first-order valence-corrected chi connectivity index (χ1v) is 9.44. The van der Waals surface area contributed by atoms with E-state index in [-0.39, 0.29) is 38.1 Å². The second-order valence-electron chi connectivity index (χ2n) is 7.75. The van der Waals surface area contributed by atoms with Crippen molar-refractivity contribution in [2.24, 2.45) is 5.92 Å². The zero-order valence-electron chi connectivity index (χ0n) is 15.7. The molecule has 2 fully saturated rings. The highest BCUT2D eigenvalue weighted by Gasteiger charge is 2.54. The minimum Gasteiger partial charge on any atom is -0.380 e. The zero-order valence-corrected chi connectivity index (χ0v) is 15.7. The first-order valence-electron chi connectivity index (χ1n) is 9.44. The summed E-state index contributed by atoms with van der Waals surface area (Å²) in [7, 11) is 0. The van der Waals surface area contributed by atoms with Gasteiger partial charge >= 0.3 is 6.18 Å². The van der Waals surface area contributed by atoms with E-state index in [1.165, 1.54) is 6.33 Å². The maximum atomic E-state index is 13.0. The lowest BCUT2D eigenvalue weighted by Crippen LogP contribution is -2.53. The molecular weight excluding hydrogens is 361 g/mol. The Balaban J connectivity index is 1.66. The minimum atomic E-state index is -4.61. The first-order chi connectivity index (χ1) is 12.7. The minimum absolute atomic E-state index is 0.0909. The molecule has 1 aromatic rings. The fraction of sp³-hybridized carbons (Fsp3) is 0.778. The maximum absolute atomic E-state index is 13.0. The van der Waals surface area contributed by atoms with Crippen LogP contribution in [0.25, 0.3) is 0 Å².